The molecule has 1 atom stereocenters. The molecule has 0 aliphatic carbocycles. The minimum atomic E-state index is -0.739. The lowest BCUT2D eigenvalue weighted by molar-refractivity contribution is -0.122. The molecule has 2 rings (SSSR count). The Bertz CT molecular complexity index is 743. The number of anilines is 1. The van der Waals surface area contributed by atoms with Crippen molar-refractivity contribution in [2.24, 2.45) is 0 Å². The fourth-order valence-electron chi connectivity index (χ4n) is 2.05. The fourth-order valence-corrected chi connectivity index (χ4v) is 2.05. The van der Waals surface area contributed by atoms with Gasteiger partial charge in [0.1, 0.15) is 11.8 Å². The maximum atomic E-state index is 12.0. The SMILES string of the molecule is CNC(=O)c1cccc(NC(=O)NC(C)C(=O)NCc2ccco2)c1. The summed E-state index contributed by atoms with van der Waals surface area (Å²) in [4.78, 5) is 35.5. The second-order valence-corrected chi connectivity index (χ2v) is 5.28. The summed E-state index contributed by atoms with van der Waals surface area (Å²) < 4.78 is 5.12. The molecule has 132 valence electrons. The minimum Gasteiger partial charge on any atom is -0.467 e. The van der Waals surface area contributed by atoms with Crippen molar-refractivity contribution in [3.63, 3.8) is 0 Å². The molecule has 0 spiro atoms. The van der Waals surface area contributed by atoms with Crippen LogP contribution < -0.4 is 21.3 Å². The van der Waals surface area contributed by atoms with Crippen LogP contribution in [0.5, 0.6) is 0 Å². The average Bonchev–Trinajstić information content (AvgIpc) is 3.12. The second-order valence-electron chi connectivity index (χ2n) is 5.28. The van der Waals surface area contributed by atoms with Gasteiger partial charge in [0, 0.05) is 18.3 Å². The Labute approximate surface area is 145 Å². The molecule has 0 saturated carbocycles. The highest BCUT2D eigenvalue weighted by molar-refractivity contribution is 5.97. The number of amides is 4. The first-order valence-electron chi connectivity index (χ1n) is 7.69. The summed E-state index contributed by atoms with van der Waals surface area (Å²) in [6, 6.07) is 8.65. The molecule has 0 fully saturated rings. The van der Waals surface area contributed by atoms with Gasteiger partial charge >= 0.3 is 6.03 Å². The maximum Gasteiger partial charge on any atom is 0.319 e. The Morgan fingerprint density at radius 1 is 1.16 bits per heavy atom. The van der Waals surface area contributed by atoms with Crippen LogP contribution in [0.1, 0.15) is 23.0 Å². The molecule has 0 aliphatic heterocycles. The molecular weight excluding hydrogens is 324 g/mol. The largest absolute Gasteiger partial charge is 0.467 e. The highest BCUT2D eigenvalue weighted by atomic mass is 16.3. The van der Waals surface area contributed by atoms with E-state index >= 15 is 0 Å². The van der Waals surface area contributed by atoms with Crippen LogP contribution in [0.2, 0.25) is 0 Å². The van der Waals surface area contributed by atoms with E-state index in [4.69, 9.17) is 4.42 Å². The Hall–Kier alpha value is -3.29. The number of carbonyl (C=O) groups excluding carboxylic acids is 3. The van der Waals surface area contributed by atoms with Crippen LogP contribution in [0.15, 0.2) is 47.1 Å². The summed E-state index contributed by atoms with van der Waals surface area (Å²) in [5, 5.41) is 10.3. The minimum absolute atomic E-state index is 0.244. The topological polar surface area (TPSA) is 112 Å². The number of benzene rings is 1. The predicted molar refractivity (Wildman–Crippen MR) is 92.0 cm³/mol. The third-order valence-corrected chi connectivity index (χ3v) is 3.37. The molecular formula is C17H20N4O4. The molecule has 1 aromatic heterocycles. The van der Waals surface area contributed by atoms with Gasteiger partial charge in [0.25, 0.3) is 5.91 Å². The lowest BCUT2D eigenvalue weighted by Crippen LogP contribution is -2.46. The lowest BCUT2D eigenvalue weighted by atomic mass is 10.2. The fraction of sp³-hybridized carbons (Fsp3) is 0.235. The van der Waals surface area contributed by atoms with E-state index in [0.717, 1.165) is 0 Å². The molecule has 25 heavy (non-hydrogen) atoms. The first kappa shape index (κ1) is 18.1. The first-order valence-corrected chi connectivity index (χ1v) is 7.69. The monoisotopic (exact) mass is 344 g/mol. The van der Waals surface area contributed by atoms with Gasteiger partial charge in [-0.15, -0.1) is 0 Å². The molecule has 4 N–H and O–H groups in total. The van der Waals surface area contributed by atoms with Crippen LogP contribution in [0, 0.1) is 0 Å². The quantitative estimate of drug-likeness (QED) is 0.635. The van der Waals surface area contributed by atoms with Gasteiger partial charge in [0.15, 0.2) is 0 Å². The highest BCUT2D eigenvalue weighted by Gasteiger charge is 2.16. The summed E-state index contributed by atoms with van der Waals surface area (Å²) in [5.74, 6) is 0.0245. The number of furan rings is 1. The number of rotatable bonds is 6. The average molecular weight is 344 g/mol. The van der Waals surface area contributed by atoms with Gasteiger partial charge in [0.2, 0.25) is 5.91 Å². The van der Waals surface area contributed by atoms with E-state index in [1.807, 2.05) is 0 Å². The van der Waals surface area contributed by atoms with Crippen molar-refractivity contribution in [1.29, 1.82) is 0 Å². The van der Waals surface area contributed by atoms with Gasteiger partial charge in [-0.25, -0.2) is 4.79 Å². The van der Waals surface area contributed by atoms with Crippen LogP contribution in [0.25, 0.3) is 0 Å². The van der Waals surface area contributed by atoms with Crippen molar-refractivity contribution < 1.29 is 18.8 Å². The number of nitrogens with one attached hydrogen (secondary N) is 4. The predicted octanol–water partition coefficient (Wildman–Crippen LogP) is 1.47. The Balaban J connectivity index is 1.84. The van der Waals surface area contributed by atoms with Gasteiger partial charge in [-0.1, -0.05) is 6.07 Å². The van der Waals surface area contributed by atoms with Crippen LogP contribution in [-0.2, 0) is 11.3 Å². The summed E-state index contributed by atoms with van der Waals surface area (Å²) in [5.41, 5.74) is 0.867. The van der Waals surface area contributed by atoms with Gasteiger partial charge in [-0.05, 0) is 37.3 Å². The Morgan fingerprint density at radius 2 is 1.96 bits per heavy atom. The summed E-state index contributed by atoms with van der Waals surface area (Å²) in [7, 11) is 1.53. The third-order valence-electron chi connectivity index (χ3n) is 3.37. The number of carbonyl (C=O) groups is 3. The zero-order valence-corrected chi connectivity index (χ0v) is 14.0. The maximum absolute atomic E-state index is 12.0. The molecule has 0 radical (unpaired) electrons. The zero-order valence-electron chi connectivity index (χ0n) is 14.0. The molecule has 1 aromatic carbocycles. The Kier molecular flexibility index (Phi) is 6.16. The Morgan fingerprint density at radius 3 is 2.64 bits per heavy atom. The van der Waals surface area contributed by atoms with Crippen LogP contribution in [0.4, 0.5) is 10.5 Å². The number of hydrogen-bond acceptors (Lipinski definition) is 4. The van der Waals surface area contributed by atoms with Crippen molar-refractivity contribution in [3.8, 4) is 0 Å². The molecule has 0 bridgehead atoms. The molecule has 0 saturated heterocycles. The van der Waals surface area contributed by atoms with Gasteiger partial charge in [-0.3, -0.25) is 9.59 Å². The molecule has 8 heteroatoms. The molecule has 2 aromatic rings. The van der Waals surface area contributed by atoms with Crippen molar-refractivity contribution in [3.05, 3.63) is 54.0 Å². The van der Waals surface area contributed by atoms with E-state index in [2.05, 4.69) is 21.3 Å². The van der Waals surface area contributed by atoms with Crippen molar-refractivity contribution in [2.75, 3.05) is 12.4 Å². The standard InChI is InChI=1S/C17H20N4O4/c1-11(15(22)19-10-14-7-4-8-25-14)20-17(24)21-13-6-3-5-12(9-13)16(23)18-2/h3-9,11H,10H2,1-2H3,(H,18,23)(H,19,22)(H2,20,21,24). The number of urea groups is 1. The number of hydrogen-bond donors (Lipinski definition) is 4. The van der Waals surface area contributed by atoms with E-state index in [9.17, 15) is 14.4 Å². The van der Waals surface area contributed by atoms with Gasteiger partial charge < -0.3 is 25.7 Å². The van der Waals surface area contributed by atoms with E-state index in [1.165, 1.54) is 13.3 Å². The van der Waals surface area contributed by atoms with E-state index < -0.39 is 12.1 Å². The summed E-state index contributed by atoms with van der Waals surface area (Å²) in [6.45, 7) is 1.81. The van der Waals surface area contributed by atoms with Crippen molar-refractivity contribution >= 4 is 23.5 Å². The zero-order chi connectivity index (χ0) is 18.2. The van der Waals surface area contributed by atoms with E-state index in [-0.39, 0.29) is 18.4 Å². The smallest absolute Gasteiger partial charge is 0.319 e. The van der Waals surface area contributed by atoms with Crippen molar-refractivity contribution in [1.82, 2.24) is 16.0 Å². The van der Waals surface area contributed by atoms with Crippen LogP contribution in [-0.4, -0.2) is 30.9 Å². The van der Waals surface area contributed by atoms with Gasteiger partial charge in [-0.2, -0.15) is 0 Å². The molecule has 0 aliphatic rings. The highest BCUT2D eigenvalue weighted by Crippen LogP contribution is 2.10. The lowest BCUT2D eigenvalue weighted by Gasteiger charge is -2.14. The summed E-state index contributed by atoms with van der Waals surface area (Å²) in [6.07, 6.45) is 1.52. The van der Waals surface area contributed by atoms with Gasteiger partial charge in [0.05, 0.1) is 12.8 Å². The molecule has 1 unspecified atom stereocenters. The third kappa shape index (κ3) is 5.38. The molecule has 4 amide bonds. The first-order chi connectivity index (χ1) is 12.0. The van der Waals surface area contributed by atoms with E-state index in [0.29, 0.717) is 17.0 Å². The molecule has 8 nitrogen and oxygen atoms in total. The normalized spacial score (nSPS) is 11.3. The molecule has 1 heterocycles. The van der Waals surface area contributed by atoms with Crippen molar-refractivity contribution in [2.45, 2.75) is 19.5 Å². The van der Waals surface area contributed by atoms with Crippen LogP contribution in [0.3, 0.4) is 0 Å². The summed E-state index contributed by atoms with van der Waals surface area (Å²) >= 11 is 0. The van der Waals surface area contributed by atoms with Crippen LogP contribution >= 0.6 is 0 Å². The van der Waals surface area contributed by atoms with E-state index in [1.54, 1.807) is 43.3 Å². The second kappa shape index (κ2) is 8.53.